The summed E-state index contributed by atoms with van der Waals surface area (Å²) in [5, 5.41) is -0.215. The molecule has 1 atom stereocenters. The van der Waals surface area contributed by atoms with E-state index in [1.807, 2.05) is 56.3 Å². The summed E-state index contributed by atoms with van der Waals surface area (Å²) in [5.41, 5.74) is 2.04. The van der Waals surface area contributed by atoms with Gasteiger partial charge in [0.05, 0.1) is 18.6 Å². The highest BCUT2D eigenvalue weighted by atomic mass is 79.9. The Kier molecular flexibility index (Phi) is 5.95. The monoisotopic (exact) mass is 368 g/mol. The minimum atomic E-state index is -0.215. The number of ether oxygens (including phenoxy) is 2. The van der Waals surface area contributed by atoms with E-state index in [0.717, 1.165) is 27.1 Å². The second kappa shape index (κ2) is 7.71. The Hall–Kier alpha value is -1.19. The molecule has 0 spiro atoms. The van der Waals surface area contributed by atoms with Gasteiger partial charge in [-0.05, 0) is 49.2 Å². The van der Waals surface area contributed by atoms with Gasteiger partial charge in [-0.3, -0.25) is 0 Å². The molecule has 0 amide bonds. The molecule has 0 fully saturated rings. The molecule has 2 aromatic carbocycles. The summed E-state index contributed by atoms with van der Waals surface area (Å²) in [4.78, 5) is 0. The van der Waals surface area contributed by atoms with E-state index in [4.69, 9.17) is 21.1 Å². The SMILES string of the molecule is CCOc1ccc(C(Cl)c2ccc(Br)cc2)cc1OCC. The van der Waals surface area contributed by atoms with E-state index < -0.39 is 0 Å². The van der Waals surface area contributed by atoms with Gasteiger partial charge in [-0.15, -0.1) is 11.6 Å². The maximum Gasteiger partial charge on any atom is 0.161 e. The van der Waals surface area contributed by atoms with Crippen molar-refractivity contribution in [3.63, 3.8) is 0 Å². The zero-order valence-electron chi connectivity index (χ0n) is 12.1. The molecule has 2 aromatic rings. The molecule has 2 nitrogen and oxygen atoms in total. The average Bonchev–Trinajstić information content (AvgIpc) is 2.49. The van der Waals surface area contributed by atoms with Crippen LogP contribution in [0.1, 0.15) is 30.4 Å². The van der Waals surface area contributed by atoms with Crippen LogP contribution in [0.15, 0.2) is 46.9 Å². The predicted molar refractivity (Wildman–Crippen MR) is 90.6 cm³/mol. The average molecular weight is 370 g/mol. The summed E-state index contributed by atoms with van der Waals surface area (Å²) in [6.45, 7) is 5.11. The number of hydrogen-bond donors (Lipinski definition) is 0. The van der Waals surface area contributed by atoms with Crippen LogP contribution in [0, 0.1) is 0 Å². The lowest BCUT2D eigenvalue weighted by molar-refractivity contribution is 0.287. The van der Waals surface area contributed by atoms with Crippen LogP contribution in [0.25, 0.3) is 0 Å². The Labute approximate surface area is 139 Å². The lowest BCUT2D eigenvalue weighted by Crippen LogP contribution is -2.00. The molecular weight excluding hydrogens is 352 g/mol. The first-order chi connectivity index (χ1) is 10.2. The fourth-order valence-electron chi connectivity index (χ4n) is 2.05. The van der Waals surface area contributed by atoms with Crippen LogP contribution in [0.2, 0.25) is 0 Å². The molecule has 112 valence electrons. The predicted octanol–water partition coefficient (Wildman–Crippen LogP) is 5.57. The smallest absolute Gasteiger partial charge is 0.161 e. The lowest BCUT2D eigenvalue weighted by Gasteiger charge is -2.15. The molecule has 0 saturated carbocycles. The summed E-state index contributed by atoms with van der Waals surface area (Å²) in [5.74, 6) is 1.49. The van der Waals surface area contributed by atoms with Crippen LogP contribution in [-0.2, 0) is 0 Å². The van der Waals surface area contributed by atoms with Gasteiger partial charge in [-0.2, -0.15) is 0 Å². The van der Waals surface area contributed by atoms with Crippen molar-refractivity contribution in [2.75, 3.05) is 13.2 Å². The van der Waals surface area contributed by atoms with Crippen LogP contribution in [0.3, 0.4) is 0 Å². The van der Waals surface area contributed by atoms with Crippen LogP contribution in [-0.4, -0.2) is 13.2 Å². The van der Waals surface area contributed by atoms with Gasteiger partial charge >= 0.3 is 0 Å². The Bertz CT molecular complexity index is 584. The van der Waals surface area contributed by atoms with Crippen LogP contribution < -0.4 is 9.47 Å². The van der Waals surface area contributed by atoms with Gasteiger partial charge in [0.2, 0.25) is 0 Å². The molecule has 0 heterocycles. The van der Waals surface area contributed by atoms with Crippen molar-refractivity contribution >= 4 is 27.5 Å². The fraction of sp³-hybridized carbons (Fsp3) is 0.294. The normalized spacial score (nSPS) is 12.0. The summed E-state index contributed by atoms with van der Waals surface area (Å²) < 4.78 is 12.3. The molecule has 0 saturated heterocycles. The van der Waals surface area contributed by atoms with Gasteiger partial charge in [0.25, 0.3) is 0 Å². The third-order valence-corrected chi connectivity index (χ3v) is 4.06. The number of halogens is 2. The van der Waals surface area contributed by atoms with E-state index >= 15 is 0 Å². The molecule has 0 aliphatic carbocycles. The number of alkyl halides is 1. The largest absolute Gasteiger partial charge is 0.490 e. The minimum Gasteiger partial charge on any atom is -0.490 e. The van der Waals surface area contributed by atoms with Gasteiger partial charge < -0.3 is 9.47 Å². The van der Waals surface area contributed by atoms with Gasteiger partial charge in [-0.25, -0.2) is 0 Å². The van der Waals surface area contributed by atoms with E-state index in [-0.39, 0.29) is 5.38 Å². The van der Waals surface area contributed by atoms with Crippen molar-refractivity contribution in [1.29, 1.82) is 0 Å². The van der Waals surface area contributed by atoms with Crippen molar-refractivity contribution in [2.45, 2.75) is 19.2 Å². The van der Waals surface area contributed by atoms with Crippen LogP contribution >= 0.6 is 27.5 Å². The molecule has 0 bridgehead atoms. The second-order valence-electron chi connectivity index (χ2n) is 4.49. The number of rotatable bonds is 6. The van der Waals surface area contributed by atoms with Gasteiger partial charge in [-0.1, -0.05) is 34.1 Å². The van der Waals surface area contributed by atoms with Gasteiger partial charge in [0, 0.05) is 4.47 Å². The highest BCUT2D eigenvalue weighted by Crippen LogP contribution is 2.36. The lowest BCUT2D eigenvalue weighted by atomic mass is 10.0. The van der Waals surface area contributed by atoms with Crippen molar-refractivity contribution in [3.05, 3.63) is 58.1 Å². The molecular formula is C17H18BrClO2. The molecule has 21 heavy (non-hydrogen) atoms. The molecule has 0 aliphatic rings. The van der Waals surface area contributed by atoms with Crippen molar-refractivity contribution in [3.8, 4) is 11.5 Å². The highest BCUT2D eigenvalue weighted by Gasteiger charge is 2.14. The Morgan fingerprint density at radius 3 is 2.10 bits per heavy atom. The maximum absolute atomic E-state index is 6.57. The first kappa shape index (κ1) is 16.2. The van der Waals surface area contributed by atoms with Crippen LogP contribution in [0.5, 0.6) is 11.5 Å². The Morgan fingerprint density at radius 2 is 1.48 bits per heavy atom. The highest BCUT2D eigenvalue weighted by molar-refractivity contribution is 9.10. The number of hydrogen-bond acceptors (Lipinski definition) is 2. The first-order valence-corrected chi connectivity index (χ1v) is 8.17. The van der Waals surface area contributed by atoms with E-state index in [0.29, 0.717) is 13.2 Å². The summed E-state index contributed by atoms with van der Waals surface area (Å²) >= 11 is 10.0. The second-order valence-corrected chi connectivity index (χ2v) is 5.84. The Balaban J connectivity index is 2.30. The molecule has 0 aromatic heterocycles. The maximum atomic E-state index is 6.57. The zero-order chi connectivity index (χ0) is 15.2. The van der Waals surface area contributed by atoms with Crippen LogP contribution in [0.4, 0.5) is 0 Å². The van der Waals surface area contributed by atoms with Gasteiger partial charge in [0.1, 0.15) is 0 Å². The van der Waals surface area contributed by atoms with E-state index in [1.54, 1.807) is 0 Å². The topological polar surface area (TPSA) is 18.5 Å². The summed E-state index contributed by atoms with van der Waals surface area (Å²) in [6, 6.07) is 13.8. The third kappa shape index (κ3) is 4.14. The minimum absolute atomic E-state index is 0.215. The molecule has 2 rings (SSSR count). The molecule has 0 radical (unpaired) electrons. The van der Waals surface area contributed by atoms with E-state index in [9.17, 15) is 0 Å². The van der Waals surface area contributed by atoms with Crippen molar-refractivity contribution in [2.24, 2.45) is 0 Å². The molecule has 0 N–H and O–H groups in total. The quantitative estimate of drug-likeness (QED) is 0.619. The van der Waals surface area contributed by atoms with Crippen molar-refractivity contribution in [1.82, 2.24) is 0 Å². The molecule has 0 aliphatic heterocycles. The summed E-state index contributed by atoms with van der Waals surface area (Å²) in [6.07, 6.45) is 0. The zero-order valence-corrected chi connectivity index (χ0v) is 14.4. The Morgan fingerprint density at radius 1 is 0.905 bits per heavy atom. The fourth-order valence-corrected chi connectivity index (χ4v) is 2.60. The molecule has 4 heteroatoms. The third-order valence-electron chi connectivity index (χ3n) is 3.02. The standard InChI is InChI=1S/C17H18BrClO2/c1-3-20-15-10-7-13(11-16(15)21-4-2)17(19)12-5-8-14(18)9-6-12/h5-11,17H,3-4H2,1-2H3. The van der Waals surface area contributed by atoms with E-state index in [1.165, 1.54) is 0 Å². The van der Waals surface area contributed by atoms with Gasteiger partial charge in [0.15, 0.2) is 11.5 Å². The van der Waals surface area contributed by atoms with Crippen molar-refractivity contribution < 1.29 is 9.47 Å². The summed E-state index contributed by atoms with van der Waals surface area (Å²) in [7, 11) is 0. The van der Waals surface area contributed by atoms with E-state index in [2.05, 4.69) is 15.9 Å². The molecule has 1 unspecified atom stereocenters. The first-order valence-electron chi connectivity index (χ1n) is 6.94. The number of benzene rings is 2.